The predicted octanol–water partition coefficient (Wildman–Crippen LogP) is 1.47. The van der Waals surface area contributed by atoms with Crippen molar-refractivity contribution in [1.29, 1.82) is 0 Å². The molecule has 0 unspecified atom stereocenters. The fraction of sp³-hybridized carbons (Fsp3) is 0.286. The van der Waals surface area contributed by atoms with Crippen molar-refractivity contribution in [3.63, 3.8) is 0 Å². The zero-order valence-corrected chi connectivity index (χ0v) is 10.3. The molecule has 0 fully saturated rings. The van der Waals surface area contributed by atoms with Gasteiger partial charge in [-0.25, -0.2) is 27.3 Å². The van der Waals surface area contributed by atoms with Gasteiger partial charge in [-0.3, -0.25) is 10.1 Å². The quantitative estimate of drug-likeness (QED) is 0.504. The summed E-state index contributed by atoms with van der Waals surface area (Å²) >= 11 is 0. The van der Waals surface area contributed by atoms with Gasteiger partial charge in [-0.05, 0) is 0 Å². The first kappa shape index (κ1) is 17.0. The lowest BCUT2D eigenvalue weighted by Gasteiger charge is -2.15. The van der Waals surface area contributed by atoms with E-state index in [1.165, 1.54) is 0 Å². The number of aromatic nitrogens is 1. The maximum Gasteiger partial charge on any atom is 0.573 e. The molecule has 0 spiro atoms. The third-order valence-electron chi connectivity index (χ3n) is 1.90. The Kier molecular flexibility index (Phi) is 4.33. The summed E-state index contributed by atoms with van der Waals surface area (Å²) in [5, 5.41) is 15.1. The number of nitrogens with zero attached hydrogens (tertiary/aromatic N) is 2. The van der Waals surface area contributed by atoms with Crippen molar-refractivity contribution in [3.05, 3.63) is 22.0 Å². The minimum Gasteiger partial charge on any atom is -0.402 e. The Labute approximate surface area is 112 Å². The Hall–Kier alpha value is -2.09. The fourth-order valence-electron chi connectivity index (χ4n) is 1.26. The van der Waals surface area contributed by atoms with Crippen molar-refractivity contribution in [2.75, 3.05) is 0 Å². The molecule has 1 aromatic heterocycles. The van der Waals surface area contributed by atoms with Gasteiger partial charge in [0.25, 0.3) is 6.43 Å². The monoisotopic (exact) mass is 337 g/mol. The predicted molar refractivity (Wildman–Crippen MR) is 53.9 cm³/mol. The van der Waals surface area contributed by atoms with E-state index in [0.29, 0.717) is 0 Å². The van der Waals surface area contributed by atoms with Crippen molar-refractivity contribution >= 4 is 15.7 Å². The van der Waals surface area contributed by atoms with E-state index in [4.69, 9.17) is 0 Å². The van der Waals surface area contributed by atoms with Gasteiger partial charge in [0, 0.05) is 0 Å². The number of hydrogen-bond donors (Lipinski definition) is 1. The zero-order valence-electron chi connectivity index (χ0n) is 9.47. The third-order valence-corrected chi connectivity index (χ3v) is 2.87. The normalized spacial score (nSPS) is 12.5. The zero-order chi connectivity index (χ0) is 16.6. The van der Waals surface area contributed by atoms with Gasteiger partial charge in [0.2, 0.25) is 14.9 Å². The Balaban J connectivity index is 3.82. The number of pyridine rings is 1. The summed E-state index contributed by atoms with van der Waals surface area (Å²) in [4.78, 5) is 10.0. The molecule has 2 N–H and O–H groups in total. The molecule has 0 amide bonds. The second-order valence-electron chi connectivity index (χ2n) is 3.34. The van der Waals surface area contributed by atoms with Crippen LogP contribution < -0.4 is 9.88 Å². The van der Waals surface area contributed by atoms with E-state index in [9.17, 15) is 40.5 Å². The van der Waals surface area contributed by atoms with Gasteiger partial charge in [0.1, 0.15) is 6.20 Å². The van der Waals surface area contributed by atoms with Gasteiger partial charge in [0.05, 0.1) is 4.92 Å². The van der Waals surface area contributed by atoms with Gasteiger partial charge < -0.3 is 4.74 Å². The molecule has 0 aliphatic rings. The number of rotatable bonds is 4. The molecule has 21 heavy (non-hydrogen) atoms. The van der Waals surface area contributed by atoms with Gasteiger partial charge in [-0.2, -0.15) is 0 Å². The highest BCUT2D eigenvalue weighted by Gasteiger charge is 2.41. The molecular weight excluding hydrogens is 333 g/mol. The topological polar surface area (TPSA) is 125 Å². The van der Waals surface area contributed by atoms with E-state index in [1.807, 2.05) is 0 Å². The lowest BCUT2D eigenvalue weighted by molar-refractivity contribution is -0.388. The summed E-state index contributed by atoms with van der Waals surface area (Å²) in [6, 6.07) is 0. The van der Waals surface area contributed by atoms with Crippen molar-refractivity contribution in [2.24, 2.45) is 5.14 Å². The van der Waals surface area contributed by atoms with Crippen LogP contribution in [0.3, 0.4) is 0 Å². The van der Waals surface area contributed by atoms with Gasteiger partial charge in [-0.1, -0.05) is 0 Å². The van der Waals surface area contributed by atoms with E-state index in [-0.39, 0.29) is 6.20 Å². The van der Waals surface area contributed by atoms with E-state index >= 15 is 0 Å². The Morgan fingerprint density at radius 1 is 1.38 bits per heavy atom. The number of sulfonamides is 1. The van der Waals surface area contributed by atoms with Crippen LogP contribution >= 0.6 is 0 Å². The van der Waals surface area contributed by atoms with Crippen LogP contribution in [0.25, 0.3) is 0 Å². The Morgan fingerprint density at radius 3 is 2.24 bits per heavy atom. The first-order valence-corrected chi connectivity index (χ1v) is 6.13. The Bertz CT molecular complexity index is 674. The van der Waals surface area contributed by atoms with Gasteiger partial charge >= 0.3 is 12.0 Å². The molecular formula is C7H4F5N3O5S. The number of nitro groups is 1. The Morgan fingerprint density at radius 2 is 1.90 bits per heavy atom. The fourth-order valence-corrected chi connectivity index (χ4v) is 2.08. The summed E-state index contributed by atoms with van der Waals surface area (Å²) in [7, 11) is -5.18. The van der Waals surface area contributed by atoms with Crippen molar-refractivity contribution in [3.8, 4) is 5.75 Å². The highest BCUT2D eigenvalue weighted by atomic mass is 32.2. The first-order valence-electron chi connectivity index (χ1n) is 4.58. The highest BCUT2D eigenvalue weighted by molar-refractivity contribution is 7.89. The van der Waals surface area contributed by atoms with Crippen LogP contribution in [-0.4, -0.2) is 24.7 Å². The molecule has 0 aliphatic carbocycles. The number of hydrogen-bond acceptors (Lipinski definition) is 6. The van der Waals surface area contributed by atoms with E-state index < -0.39 is 49.8 Å². The molecule has 14 heteroatoms. The van der Waals surface area contributed by atoms with E-state index in [1.54, 1.807) is 0 Å². The highest BCUT2D eigenvalue weighted by Crippen LogP contribution is 2.40. The summed E-state index contributed by atoms with van der Waals surface area (Å²) < 4.78 is 87.3. The SMILES string of the molecule is NS(=O)(=O)c1c([N+](=O)[O-])cnc(C(F)F)c1OC(F)(F)F. The average molecular weight is 337 g/mol. The number of primary sulfonamides is 1. The second-order valence-corrected chi connectivity index (χ2v) is 4.84. The smallest absolute Gasteiger partial charge is 0.402 e. The minimum atomic E-state index is -5.60. The second kappa shape index (κ2) is 5.36. The first-order chi connectivity index (χ1) is 9.34. The van der Waals surface area contributed by atoms with Crippen molar-refractivity contribution < 1.29 is 40.0 Å². The molecule has 0 radical (unpaired) electrons. The van der Waals surface area contributed by atoms with Crippen LogP contribution in [-0.2, 0) is 10.0 Å². The molecule has 0 atom stereocenters. The molecule has 1 aromatic rings. The molecule has 0 saturated heterocycles. The van der Waals surface area contributed by atoms with Gasteiger partial charge in [0.15, 0.2) is 11.4 Å². The summed E-state index contributed by atoms with van der Waals surface area (Å²) in [6.07, 6.45) is -9.24. The van der Waals surface area contributed by atoms with Crippen molar-refractivity contribution in [2.45, 2.75) is 17.7 Å². The summed E-state index contributed by atoms with van der Waals surface area (Å²) in [6.45, 7) is 0. The van der Waals surface area contributed by atoms with E-state index in [0.717, 1.165) is 0 Å². The van der Waals surface area contributed by atoms with Crippen LogP contribution in [0.4, 0.5) is 27.6 Å². The number of halogens is 5. The molecule has 0 saturated carbocycles. The number of alkyl halides is 5. The molecule has 0 aliphatic heterocycles. The minimum absolute atomic E-state index is 0.0461. The molecule has 118 valence electrons. The molecule has 8 nitrogen and oxygen atoms in total. The van der Waals surface area contributed by atoms with Crippen LogP contribution in [0.15, 0.2) is 11.1 Å². The largest absolute Gasteiger partial charge is 0.573 e. The van der Waals surface area contributed by atoms with Crippen molar-refractivity contribution in [1.82, 2.24) is 4.98 Å². The maximum absolute atomic E-state index is 12.6. The summed E-state index contributed by atoms with van der Waals surface area (Å²) in [5.41, 5.74) is -3.27. The van der Waals surface area contributed by atoms with Crippen LogP contribution in [0, 0.1) is 10.1 Å². The number of nitrogens with two attached hydrogens (primary N) is 1. The van der Waals surface area contributed by atoms with E-state index in [2.05, 4.69) is 14.9 Å². The lowest BCUT2D eigenvalue weighted by atomic mass is 10.3. The standard InChI is InChI=1S/C7H4F5N3O5S/c8-6(9)3-4(20-7(10,11)12)5(21(13,18)19)2(1-14-3)15(16)17/h1,6H,(H2,13,18,19). The van der Waals surface area contributed by atoms with Crippen LogP contribution in [0.2, 0.25) is 0 Å². The molecule has 0 aromatic carbocycles. The third kappa shape index (κ3) is 3.94. The average Bonchev–Trinajstić information content (AvgIpc) is 2.23. The number of ether oxygens (including phenoxy) is 1. The maximum atomic E-state index is 12.6. The van der Waals surface area contributed by atoms with Gasteiger partial charge in [-0.15, -0.1) is 13.2 Å². The lowest BCUT2D eigenvalue weighted by Crippen LogP contribution is -2.23. The molecule has 1 heterocycles. The van der Waals surface area contributed by atoms with Crippen LogP contribution in [0.1, 0.15) is 12.1 Å². The summed E-state index contributed by atoms with van der Waals surface area (Å²) in [5.74, 6) is -2.03. The van der Waals surface area contributed by atoms with Crippen LogP contribution in [0.5, 0.6) is 5.75 Å². The molecule has 0 bridgehead atoms. The molecule has 1 rings (SSSR count).